The lowest BCUT2D eigenvalue weighted by molar-refractivity contribution is -0.138. The number of anilines is 1. The van der Waals surface area contributed by atoms with Gasteiger partial charge in [0.25, 0.3) is 5.91 Å². The van der Waals surface area contributed by atoms with Crippen LogP contribution in [0.4, 0.5) is 5.82 Å². The van der Waals surface area contributed by atoms with Crippen molar-refractivity contribution >= 4 is 45.8 Å². The molecule has 5 nitrogen and oxygen atoms in total. The molecule has 0 radical (unpaired) electrons. The molecule has 3 aromatic rings. The molecule has 150 valence electrons. The van der Waals surface area contributed by atoms with E-state index in [1.165, 1.54) is 0 Å². The van der Waals surface area contributed by atoms with Crippen molar-refractivity contribution in [2.75, 3.05) is 31.1 Å². The molecule has 1 saturated heterocycles. The zero-order chi connectivity index (χ0) is 20.4. The Morgan fingerprint density at radius 3 is 2.55 bits per heavy atom. The smallest absolute Gasteiger partial charge is 0.263 e. The van der Waals surface area contributed by atoms with E-state index in [0.29, 0.717) is 28.9 Å². The van der Waals surface area contributed by atoms with Gasteiger partial charge in [-0.1, -0.05) is 41.4 Å². The number of nitrogens with zero attached hydrogens (tertiary/aromatic N) is 3. The van der Waals surface area contributed by atoms with Crippen molar-refractivity contribution in [2.45, 2.75) is 13.0 Å². The number of fused-ring (bicyclic) bond motifs is 1. The van der Waals surface area contributed by atoms with Gasteiger partial charge in [-0.25, -0.2) is 4.98 Å². The number of amides is 1. The van der Waals surface area contributed by atoms with E-state index >= 15 is 0 Å². The minimum Gasteiger partial charge on any atom is -0.479 e. The number of para-hydroxylation sites is 1. The van der Waals surface area contributed by atoms with Gasteiger partial charge in [0, 0.05) is 36.6 Å². The molecule has 1 unspecified atom stereocenters. The molecular weight excluding hydrogens is 409 g/mol. The highest BCUT2D eigenvalue weighted by Gasteiger charge is 2.27. The predicted molar refractivity (Wildman–Crippen MR) is 117 cm³/mol. The molecule has 0 saturated carbocycles. The second-order valence-electron chi connectivity index (χ2n) is 7.01. The minimum absolute atomic E-state index is 0.0536. The minimum atomic E-state index is -0.626. The fraction of sp³-hybridized carbons (Fsp3) is 0.273. The van der Waals surface area contributed by atoms with Crippen LogP contribution in [0.2, 0.25) is 10.0 Å². The SMILES string of the molecule is CC(Oc1ccc(Cl)cc1Cl)C(=O)N1CCN(c2ccc3ccccc3n2)CC1. The number of piperazine rings is 1. The molecule has 0 spiro atoms. The number of pyridine rings is 1. The molecule has 1 fully saturated rings. The largest absolute Gasteiger partial charge is 0.479 e. The van der Waals surface area contributed by atoms with Gasteiger partial charge < -0.3 is 14.5 Å². The first-order chi connectivity index (χ1) is 14.0. The van der Waals surface area contributed by atoms with E-state index in [1.54, 1.807) is 25.1 Å². The lowest BCUT2D eigenvalue weighted by Gasteiger charge is -2.36. The molecule has 0 bridgehead atoms. The van der Waals surface area contributed by atoms with Gasteiger partial charge in [-0.2, -0.15) is 0 Å². The summed E-state index contributed by atoms with van der Waals surface area (Å²) in [6.45, 7) is 4.44. The first-order valence-electron chi connectivity index (χ1n) is 9.52. The van der Waals surface area contributed by atoms with Gasteiger partial charge in [-0.15, -0.1) is 0 Å². The van der Waals surface area contributed by atoms with Gasteiger partial charge in [-0.3, -0.25) is 4.79 Å². The van der Waals surface area contributed by atoms with Crippen LogP contribution in [-0.2, 0) is 4.79 Å². The number of benzene rings is 2. The molecule has 1 aromatic heterocycles. The molecule has 1 aliphatic rings. The third kappa shape index (κ3) is 4.41. The Morgan fingerprint density at radius 1 is 1.03 bits per heavy atom. The topological polar surface area (TPSA) is 45.7 Å². The van der Waals surface area contributed by atoms with Crippen LogP contribution >= 0.6 is 23.2 Å². The Kier molecular flexibility index (Phi) is 5.79. The molecule has 1 amide bonds. The van der Waals surface area contributed by atoms with Crippen molar-refractivity contribution in [3.05, 3.63) is 64.6 Å². The van der Waals surface area contributed by atoms with E-state index in [0.717, 1.165) is 29.8 Å². The second kappa shape index (κ2) is 8.47. The lowest BCUT2D eigenvalue weighted by Crippen LogP contribution is -2.52. The van der Waals surface area contributed by atoms with Gasteiger partial charge in [0.1, 0.15) is 11.6 Å². The molecule has 2 aromatic carbocycles. The van der Waals surface area contributed by atoms with E-state index in [-0.39, 0.29) is 5.91 Å². The Bertz CT molecular complexity index is 1040. The summed E-state index contributed by atoms with van der Waals surface area (Å²) in [5, 5.41) is 2.04. The first kappa shape index (κ1) is 19.8. The number of hydrogen-bond donors (Lipinski definition) is 0. The van der Waals surface area contributed by atoms with Crippen molar-refractivity contribution in [2.24, 2.45) is 0 Å². The maximum Gasteiger partial charge on any atom is 0.263 e. The normalized spacial score (nSPS) is 15.4. The summed E-state index contributed by atoms with van der Waals surface area (Å²) in [6.07, 6.45) is -0.626. The van der Waals surface area contributed by atoms with Crippen molar-refractivity contribution in [1.29, 1.82) is 0 Å². The Labute approximate surface area is 179 Å². The molecule has 0 N–H and O–H groups in total. The van der Waals surface area contributed by atoms with Crippen molar-refractivity contribution in [3.63, 3.8) is 0 Å². The first-order valence-corrected chi connectivity index (χ1v) is 10.3. The summed E-state index contributed by atoms with van der Waals surface area (Å²) >= 11 is 12.1. The number of aromatic nitrogens is 1. The third-order valence-electron chi connectivity index (χ3n) is 5.04. The average Bonchev–Trinajstić information content (AvgIpc) is 2.75. The fourth-order valence-corrected chi connectivity index (χ4v) is 3.91. The highest BCUT2D eigenvalue weighted by molar-refractivity contribution is 6.35. The molecule has 4 rings (SSSR count). The number of carbonyl (C=O) groups excluding carboxylic acids is 1. The molecule has 2 heterocycles. The number of hydrogen-bond acceptors (Lipinski definition) is 4. The van der Waals surface area contributed by atoms with Crippen LogP contribution < -0.4 is 9.64 Å². The van der Waals surface area contributed by atoms with E-state index in [9.17, 15) is 4.79 Å². The highest BCUT2D eigenvalue weighted by atomic mass is 35.5. The lowest BCUT2D eigenvalue weighted by atomic mass is 10.2. The van der Waals surface area contributed by atoms with E-state index in [4.69, 9.17) is 32.9 Å². The average molecular weight is 430 g/mol. The number of rotatable bonds is 4. The number of carbonyl (C=O) groups is 1. The molecular formula is C22H21Cl2N3O2. The van der Waals surface area contributed by atoms with Crippen LogP contribution in [-0.4, -0.2) is 48.1 Å². The van der Waals surface area contributed by atoms with Crippen molar-refractivity contribution < 1.29 is 9.53 Å². The van der Waals surface area contributed by atoms with E-state index in [2.05, 4.69) is 17.0 Å². The number of halogens is 2. The second-order valence-corrected chi connectivity index (χ2v) is 7.85. The van der Waals surface area contributed by atoms with Gasteiger partial charge >= 0.3 is 0 Å². The Hall–Kier alpha value is -2.50. The van der Waals surface area contributed by atoms with Crippen LogP contribution in [0.15, 0.2) is 54.6 Å². The van der Waals surface area contributed by atoms with Crippen LogP contribution in [0.5, 0.6) is 5.75 Å². The summed E-state index contributed by atoms with van der Waals surface area (Å²) in [7, 11) is 0. The zero-order valence-corrected chi connectivity index (χ0v) is 17.5. The third-order valence-corrected chi connectivity index (χ3v) is 5.57. The summed E-state index contributed by atoms with van der Waals surface area (Å²) in [6, 6.07) is 17.2. The molecule has 7 heteroatoms. The van der Waals surface area contributed by atoms with E-state index in [1.807, 2.05) is 29.2 Å². The summed E-state index contributed by atoms with van der Waals surface area (Å²) < 4.78 is 5.77. The van der Waals surface area contributed by atoms with Crippen molar-refractivity contribution in [3.8, 4) is 5.75 Å². The number of ether oxygens (including phenoxy) is 1. The van der Waals surface area contributed by atoms with Gasteiger partial charge in [0.2, 0.25) is 0 Å². The van der Waals surface area contributed by atoms with Crippen LogP contribution in [0.3, 0.4) is 0 Å². The van der Waals surface area contributed by atoms with Crippen LogP contribution in [0, 0.1) is 0 Å². The summed E-state index contributed by atoms with van der Waals surface area (Å²) in [4.78, 5) is 21.6. The van der Waals surface area contributed by atoms with Gasteiger partial charge in [0.05, 0.1) is 10.5 Å². The predicted octanol–water partition coefficient (Wildman–Crippen LogP) is 4.66. The van der Waals surface area contributed by atoms with E-state index < -0.39 is 6.10 Å². The van der Waals surface area contributed by atoms with Gasteiger partial charge in [0.15, 0.2) is 6.10 Å². The van der Waals surface area contributed by atoms with Crippen molar-refractivity contribution in [1.82, 2.24) is 9.88 Å². The zero-order valence-electron chi connectivity index (χ0n) is 16.0. The maximum absolute atomic E-state index is 12.8. The Balaban J connectivity index is 1.37. The standard InChI is InChI=1S/C22H21Cl2N3O2/c1-15(29-20-8-7-17(23)14-18(20)24)22(28)27-12-10-26(11-13-27)21-9-6-16-4-2-3-5-19(16)25-21/h2-9,14-15H,10-13H2,1H3. The molecule has 0 aliphatic carbocycles. The molecule has 1 aliphatic heterocycles. The highest BCUT2D eigenvalue weighted by Crippen LogP contribution is 2.28. The quantitative estimate of drug-likeness (QED) is 0.604. The molecule has 29 heavy (non-hydrogen) atoms. The monoisotopic (exact) mass is 429 g/mol. The maximum atomic E-state index is 12.8. The Morgan fingerprint density at radius 2 is 1.79 bits per heavy atom. The van der Waals surface area contributed by atoms with Crippen LogP contribution in [0.1, 0.15) is 6.92 Å². The molecule has 1 atom stereocenters. The summed E-state index contributed by atoms with van der Waals surface area (Å²) in [5.74, 6) is 1.34. The van der Waals surface area contributed by atoms with Crippen LogP contribution in [0.25, 0.3) is 10.9 Å². The fourth-order valence-electron chi connectivity index (χ4n) is 3.46. The van der Waals surface area contributed by atoms with Gasteiger partial charge in [-0.05, 0) is 43.3 Å². The summed E-state index contributed by atoms with van der Waals surface area (Å²) in [5.41, 5.74) is 0.977.